The summed E-state index contributed by atoms with van der Waals surface area (Å²) < 4.78 is 5.46. The van der Waals surface area contributed by atoms with Crippen molar-refractivity contribution in [3.8, 4) is 5.75 Å². The average molecular weight is 275 g/mol. The lowest BCUT2D eigenvalue weighted by Crippen LogP contribution is -1.98. The monoisotopic (exact) mass is 274 g/mol. The number of benzene rings is 2. The Morgan fingerprint density at radius 3 is 2.42 bits per heavy atom. The molecule has 0 N–H and O–H groups in total. The molecule has 0 fully saturated rings. The molecule has 2 aromatic carbocycles. The van der Waals surface area contributed by atoms with E-state index in [1.807, 2.05) is 31.2 Å². The van der Waals surface area contributed by atoms with Crippen LogP contribution in [0.1, 0.15) is 36.5 Å². The summed E-state index contributed by atoms with van der Waals surface area (Å²) in [4.78, 5) is 0. The van der Waals surface area contributed by atoms with Gasteiger partial charge in [-0.3, -0.25) is 0 Å². The molecule has 0 aliphatic carbocycles. The topological polar surface area (TPSA) is 9.23 Å². The van der Waals surface area contributed by atoms with Crippen LogP contribution in [0, 0.1) is 6.92 Å². The van der Waals surface area contributed by atoms with Gasteiger partial charge in [0.1, 0.15) is 5.75 Å². The zero-order chi connectivity index (χ0) is 13.8. The van der Waals surface area contributed by atoms with Gasteiger partial charge in [-0.25, -0.2) is 0 Å². The van der Waals surface area contributed by atoms with E-state index < -0.39 is 0 Å². The lowest BCUT2D eigenvalue weighted by Gasteiger charge is -2.15. The maximum absolute atomic E-state index is 6.30. The van der Waals surface area contributed by atoms with Gasteiger partial charge in [-0.2, -0.15) is 0 Å². The van der Waals surface area contributed by atoms with E-state index >= 15 is 0 Å². The van der Waals surface area contributed by atoms with Gasteiger partial charge in [0.05, 0.1) is 6.61 Å². The summed E-state index contributed by atoms with van der Waals surface area (Å²) in [6.07, 6.45) is 0. The summed E-state index contributed by atoms with van der Waals surface area (Å²) in [5.41, 5.74) is 3.65. The fraction of sp³-hybridized carbons (Fsp3) is 0.294. The zero-order valence-electron chi connectivity index (χ0n) is 11.6. The molecule has 0 spiro atoms. The molecule has 2 aromatic rings. The van der Waals surface area contributed by atoms with Gasteiger partial charge in [-0.1, -0.05) is 48.4 Å². The first-order chi connectivity index (χ1) is 9.11. The maximum atomic E-state index is 6.30. The molecule has 0 radical (unpaired) electrons. The molecule has 1 unspecified atom stereocenters. The van der Waals surface area contributed by atoms with Crippen LogP contribution in [-0.4, -0.2) is 6.61 Å². The van der Waals surface area contributed by atoms with Gasteiger partial charge in [0.25, 0.3) is 0 Å². The molecule has 1 atom stereocenters. The molecular formula is C17H19ClO. The second kappa shape index (κ2) is 6.12. The van der Waals surface area contributed by atoms with Gasteiger partial charge in [-0.05, 0) is 43.2 Å². The molecule has 0 saturated carbocycles. The summed E-state index contributed by atoms with van der Waals surface area (Å²) in [5, 5.41) is 0.826. The Morgan fingerprint density at radius 2 is 1.79 bits per heavy atom. The van der Waals surface area contributed by atoms with Crippen molar-refractivity contribution in [2.45, 2.75) is 26.7 Å². The van der Waals surface area contributed by atoms with E-state index in [-0.39, 0.29) is 5.92 Å². The van der Waals surface area contributed by atoms with Gasteiger partial charge >= 0.3 is 0 Å². The van der Waals surface area contributed by atoms with Crippen LogP contribution in [-0.2, 0) is 0 Å². The van der Waals surface area contributed by atoms with Crippen molar-refractivity contribution >= 4 is 11.6 Å². The Labute approximate surface area is 120 Å². The number of halogens is 1. The molecule has 0 bridgehead atoms. The highest BCUT2D eigenvalue weighted by Gasteiger charge is 2.12. The molecule has 2 rings (SSSR count). The molecule has 0 saturated heterocycles. The number of hydrogen-bond acceptors (Lipinski definition) is 1. The molecule has 1 nitrogen and oxygen atoms in total. The summed E-state index contributed by atoms with van der Waals surface area (Å²) in [7, 11) is 0. The van der Waals surface area contributed by atoms with Crippen LogP contribution < -0.4 is 4.74 Å². The van der Waals surface area contributed by atoms with Crippen LogP contribution in [0.3, 0.4) is 0 Å². The largest absolute Gasteiger partial charge is 0.494 e. The van der Waals surface area contributed by atoms with Crippen LogP contribution in [0.4, 0.5) is 0 Å². The summed E-state index contributed by atoms with van der Waals surface area (Å²) in [6, 6.07) is 14.4. The summed E-state index contributed by atoms with van der Waals surface area (Å²) >= 11 is 6.30. The van der Waals surface area contributed by atoms with E-state index in [1.165, 1.54) is 16.7 Å². The fourth-order valence-corrected chi connectivity index (χ4v) is 2.48. The molecule has 0 heterocycles. The first-order valence-electron chi connectivity index (χ1n) is 6.60. The third-order valence-electron chi connectivity index (χ3n) is 3.31. The molecule has 0 aliphatic rings. The average Bonchev–Trinajstić information content (AvgIpc) is 2.42. The molecule has 0 aliphatic heterocycles. The van der Waals surface area contributed by atoms with Crippen LogP contribution >= 0.6 is 11.6 Å². The molecule has 100 valence electrons. The van der Waals surface area contributed by atoms with Crippen LogP contribution in [0.25, 0.3) is 0 Å². The van der Waals surface area contributed by atoms with Gasteiger partial charge in [-0.15, -0.1) is 0 Å². The first kappa shape index (κ1) is 14.0. The SMILES string of the molecule is CCOc1ccc(C(C)c2cc(C)ccc2Cl)cc1. The smallest absolute Gasteiger partial charge is 0.119 e. The van der Waals surface area contributed by atoms with E-state index in [2.05, 4.69) is 32.0 Å². The maximum Gasteiger partial charge on any atom is 0.119 e. The molecule has 2 heteroatoms. The minimum Gasteiger partial charge on any atom is -0.494 e. The van der Waals surface area contributed by atoms with Crippen molar-refractivity contribution in [1.29, 1.82) is 0 Å². The van der Waals surface area contributed by atoms with Gasteiger partial charge in [0.2, 0.25) is 0 Å². The highest BCUT2D eigenvalue weighted by Crippen LogP contribution is 2.31. The highest BCUT2D eigenvalue weighted by atomic mass is 35.5. The summed E-state index contributed by atoms with van der Waals surface area (Å²) in [6.45, 7) is 6.95. The lowest BCUT2D eigenvalue weighted by molar-refractivity contribution is 0.340. The van der Waals surface area contributed by atoms with Crippen LogP contribution in [0.15, 0.2) is 42.5 Å². The standard InChI is InChI=1S/C17H19ClO/c1-4-19-15-8-6-14(7-9-15)13(3)16-11-12(2)5-10-17(16)18/h5-11,13H,4H2,1-3H3. The van der Waals surface area contributed by atoms with Crippen molar-refractivity contribution < 1.29 is 4.74 Å². The highest BCUT2D eigenvalue weighted by molar-refractivity contribution is 6.31. The van der Waals surface area contributed by atoms with Crippen LogP contribution in [0.5, 0.6) is 5.75 Å². The fourth-order valence-electron chi connectivity index (χ4n) is 2.19. The lowest BCUT2D eigenvalue weighted by atomic mass is 9.92. The quantitative estimate of drug-likeness (QED) is 0.745. The van der Waals surface area contributed by atoms with E-state index in [0.717, 1.165) is 10.8 Å². The van der Waals surface area contributed by atoms with Crippen molar-refractivity contribution in [2.24, 2.45) is 0 Å². The van der Waals surface area contributed by atoms with E-state index in [1.54, 1.807) is 0 Å². The van der Waals surface area contributed by atoms with Crippen molar-refractivity contribution in [3.63, 3.8) is 0 Å². The molecule has 19 heavy (non-hydrogen) atoms. The van der Waals surface area contributed by atoms with Crippen LogP contribution in [0.2, 0.25) is 5.02 Å². The Kier molecular flexibility index (Phi) is 4.49. The molecular weight excluding hydrogens is 256 g/mol. The van der Waals surface area contributed by atoms with Gasteiger partial charge < -0.3 is 4.74 Å². The van der Waals surface area contributed by atoms with E-state index in [4.69, 9.17) is 16.3 Å². The van der Waals surface area contributed by atoms with Crippen molar-refractivity contribution in [3.05, 3.63) is 64.2 Å². The Morgan fingerprint density at radius 1 is 1.11 bits per heavy atom. The zero-order valence-corrected chi connectivity index (χ0v) is 12.4. The minimum absolute atomic E-state index is 0.281. The number of hydrogen-bond donors (Lipinski definition) is 0. The summed E-state index contributed by atoms with van der Waals surface area (Å²) in [5.74, 6) is 1.19. The normalized spacial score (nSPS) is 12.2. The number of aryl methyl sites for hydroxylation is 1. The Hall–Kier alpha value is -1.47. The third kappa shape index (κ3) is 3.30. The third-order valence-corrected chi connectivity index (χ3v) is 3.65. The second-order valence-electron chi connectivity index (χ2n) is 4.75. The predicted molar refractivity (Wildman–Crippen MR) is 81.3 cm³/mol. The van der Waals surface area contributed by atoms with E-state index in [0.29, 0.717) is 6.61 Å². The van der Waals surface area contributed by atoms with E-state index in [9.17, 15) is 0 Å². The Balaban J connectivity index is 2.27. The van der Waals surface area contributed by atoms with Gasteiger partial charge in [0.15, 0.2) is 0 Å². The van der Waals surface area contributed by atoms with Gasteiger partial charge in [0, 0.05) is 10.9 Å². The molecule has 0 amide bonds. The second-order valence-corrected chi connectivity index (χ2v) is 5.16. The van der Waals surface area contributed by atoms with Crippen molar-refractivity contribution in [2.75, 3.05) is 6.61 Å². The molecule has 0 aromatic heterocycles. The Bertz CT molecular complexity index is 546. The number of rotatable bonds is 4. The van der Waals surface area contributed by atoms with Crippen molar-refractivity contribution in [1.82, 2.24) is 0 Å². The first-order valence-corrected chi connectivity index (χ1v) is 6.98. The minimum atomic E-state index is 0.281. The number of ether oxygens (including phenoxy) is 1. The predicted octanol–water partition coefficient (Wildman–Crippen LogP) is 5.20.